The highest BCUT2D eigenvalue weighted by Gasteiger charge is 2.23. The van der Waals surface area contributed by atoms with E-state index in [1.165, 1.54) is 12.8 Å². The zero-order chi connectivity index (χ0) is 13.1. The molecular formula is C13H20BrN3O. The zero-order valence-corrected chi connectivity index (χ0v) is 12.8. The van der Waals surface area contributed by atoms with Gasteiger partial charge in [-0.15, -0.1) is 0 Å². The first kappa shape index (κ1) is 13.6. The van der Waals surface area contributed by atoms with Crippen LogP contribution >= 0.6 is 15.9 Å². The van der Waals surface area contributed by atoms with Crippen molar-refractivity contribution in [2.24, 2.45) is 11.8 Å². The summed E-state index contributed by atoms with van der Waals surface area (Å²) in [7, 11) is 1.63. The van der Waals surface area contributed by atoms with Crippen molar-refractivity contribution in [1.29, 1.82) is 0 Å². The molecular weight excluding hydrogens is 294 g/mol. The lowest BCUT2D eigenvalue weighted by molar-refractivity contribution is 0.309. The molecule has 1 aromatic heterocycles. The number of anilines is 1. The molecule has 5 heteroatoms. The molecule has 0 saturated carbocycles. The predicted molar refractivity (Wildman–Crippen MR) is 76.1 cm³/mol. The quantitative estimate of drug-likeness (QED) is 0.859. The number of ether oxygens (including phenoxy) is 1. The monoisotopic (exact) mass is 313 g/mol. The van der Waals surface area contributed by atoms with Crippen LogP contribution in [0.25, 0.3) is 0 Å². The summed E-state index contributed by atoms with van der Waals surface area (Å²) in [6, 6.07) is 0. The van der Waals surface area contributed by atoms with Crippen molar-refractivity contribution in [3.05, 3.63) is 10.7 Å². The van der Waals surface area contributed by atoms with Crippen molar-refractivity contribution in [3.8, 4) is 5.88 Å². The van der Waals surface area contributed by atoms with Gasteiger partial charge in [0.25, 0.3) is 0 Å². The maximum atomic E-state index is 5.21. The predicted octanol–water partition coefficient (Wildman–Crippen LogP) is 3.12. The Kier molecular flexibility index (Phi) is 4.43. The average Bonchev–Trinajstić information content (AvgIpc) is 2.39. The highest BCUT2D eigenvalue weighted by atomic mass is 79.9. The Balaban J connectivity index is 2.05. The third-order valence-corrected chi connectivity index (χ3v) is 4.20. The Morgan fingerprint density at radius 2 is 2.06 bits per heavy atom. The Morgan fingerprint density at radius 3 is 2.61 bits per heavy atom. The summed E-state index contributed by atoms with van der Waals surface area (Å²) in [6.07, 6.45) is 4.20. The SMILES string of the molecule is COc1nc(N2CCC(C(C)C)CC2)ncc1Br. The van der Waals surface area contributed by atoms with Gasteiger partial charge in [0.05, 0.1) is 17.8 Å². The second-order valence-corrected chi connectivity index (χ2v) is 5.95. The van der Waals surface area contributed by atoms with Gasteiger partial charge in [-0.25, -0.2) is 4.98 Å². The van der Waals surface area contributed by atoms with Gasteiger partial charge in [0.2, 0.25) is 11.8 Å². The van der Waals surface area contributed by atoms with Crippen molar-refractivity contribution in [2.45, 2.75) is 26.7 Å². The Bertz CT molecular complexity index is 403. The molecule has 2 heterocycles. The molecule has 1 aromatic rings. The van der Waals surface area contributed by atoms with Crippen molar-refractivity contribution >= 4 is 21.9 Å². The molecule has 18 heavy (non-hydrogen) atoms. The maximum absolute atomic E-state index is 5.21. The minimum atomic E-state index is 0.603. The molecule has 0 unspecified atom stereocenters. The fourth-order valence-electron chi connectivity index (χ4n) is 2.40. The van der Waals surface area contributed by atoms with Crippen LogP contribution in [0.4, 0.5) is 5.95 Å². The van der Waals surface area contributed by atoms with Gasteiger partial charge in [-0.3, -0.25) is 0 Å². The van der Waals surface area contributed by atoms with Crippen LogP contribution < -0.4 is 9.64 Å². The summed E-state index contributed by atoms with van der Waals surface area (Å²) in [4.78, 5) is 11.0. The maximum Gasteiger partial charge on any atom is 0.232 e. The van der Waals surface area contributed by atoms with E-state index in [0.717, 1.165) is 35.3 Å². The number of hydrogen-bond donors (Lipinski definition) is 0. The number of nitrogens with zero attached hydrogens (tertiary/aromatic N) is 3. The average molecular weight is 314 g/mol. The fraction of sp³-hybridized carbons (Fsp3) is 0.692. The Labute approximate surface area is 117 Å². The second kappa shape index (κ2) is 5.87. The van der Waals surface area contributed by atoms with Crippen LogP contribution in [-0.2, 0) is 0 Å². The summed E-state index contributed by atoms with van der Waals surface area (Å²) in [5, 5.41) is 0. The number of halogens is 1. The standard InChI is InChI=1S/C13H20BrN3O/c1-9(2)10-4-6-17(7-5-10)13-15-8-11(14)12(16-13)18-3/h8-10H,4-7H2,1-3H3. The van der Waals surface area contributed by atoms with Crippen LogP contribution in [0.15, 0.2) is 10.7 Å². The second-order valence-electron chi connectivity index (χ2n) is 5.10. The largest absolute Gasteiger partial charge is 0.480 e. The number of piperidine rings is 1. The van der Waals surface area contributed by atoms with Gasteiger partial charge in [0.1, 0.15) is 0 Å². The van der Waals surface area contributed by atoms with Gasteiger partial charge in [-0.05, 0) is 40.6 Å². The van der Waals surface area contributed by atoms with E-state index in [4.69, 9.17) is 4.74 Å². The first-order valence-electron chi connectivity index (χ1n) is 6.43. The lowest BCUT2D eigenvalue weighted by Crippen LogP contribution is -2.36. The third kappa shape index (κ3) is 2.94. The molecule has 0 radical (unpaired) electrons. The number of aromatic nitrogens is 2. The van der Waals surface area contributed by atoms with Crippen LogP contribution in [0.3, 0.4) is 0 Å². The van der Waals surface area contributed by atoms with E-state index in [2.05, 4.69) is 44.6 Å². The highest BCUT2D eigenvalue weighted by molar-refractivity contribution is 9.10. The van der Waals surface area contributed by atoms with Gasteiger partial charge >= 0.3 is 0 Å². The Morgan fingerprint density at radius 1 is 1.39 bits per heavy atom. The summed E-state index contributed by atoms with van der Waals surface area (Å²) in [6.45, 7) is 6.68. The van der Waals surface area contributed by atoms with Crippen molar-refractivity contribution in [2.75, 3.05) is 25.1 Å². The molecule has 0 bridgehead atoms. The smallest absolute Gasteiger partial charge is 0.232 e. The van der Waals surface area contributed by atoms with Crippen molar-refractivity contribution in [3.63, 3.8) is 0 Å². The van der Waals surface area contributed by atoms with Gasteiger partial charge in [0.15, 0.2) is 0 Å². The van der Waals surface area contributed by atoms with E-state index in [-0.39, 0.29) is 0 Å². The molecule has 1 saturated heterocycles. The van der Waals surface area contributed by atoms with E-state index in [1.54, 1.807) is 13.3 Å². The van der Waals surface area contributed by atoms with Crippen LogP contribution in [0.5, 0.6) is 5.88 Å². The number of hydrogen-bond acceptors (Lipinski definition) is 4. The molecule has 0 aromatic carbocycles. The van der Waals surface area contributed by atoms with E-state index in [9.17, 15) is 0 Å². The molecule has 4 nitrogen and oxygen atoms in total. The third-order valence-electron chi connectivity index (χ3n) is 3.66. The van der Waals surface area contributed by atoms with Crippen LogP contribution in [0.1, 0.15) is 26.7 Å². The summed E-state index contributed by atoms with van der Waals surface area (Å²) < 4.78 is 6.01. The highest BCUT2D eigenvalue weighted by Crippen LogP contribution is 2.28. The van der Waals surface area contributed by atoms with Crippen LogP contribution in [-0.4, -0.2) is 30.2 Å². The first-order valence-corrected chi connectivity index (χ1v) is 7.22. The number of methoxy groups -OCH3 is 1. The van der Waals surface area contributed by atoms with Crippen LogP contribution in [0.2, 0.25) is 0 Å². The van der Waals surface area contributed by atoms with Crippen LogP contribution in [0, 0.1) is 11.8 Å². The molecule has 0 atom stereocenters. The molecule has 1 aliphatic heterocycles. The summed E-state index contributed by atoms with van der Waals surface area (Å²) in [5.41, 5.74) is 0. The van der Waals surface area contributed by atoms with Gasteiger partial charge in [-0.2, -0.15) is 4.98 Å². The van der Waals surface area contributed by atoms with Crippen molar-refractivity contribution < 1.29 is 4.74 Å². The van der Waals surface area contributed by atoms with E-state index in [1.807, 2.05) is 0 Å². The fourth-order valence-corrected chi connectivity index (χ4v) is 2.76. The molecule has 100 valence electrons. The lowest BCUT2D eigenvalue weighted by Gasteiger charge is -2.33. The van der Waals surface area contributed by atoms with E-state index in [0.29, 0.717) is 5.88 Å². The molecule has 0 aliphatic carbocycles. The number of rotatable bonds is 3. The van der Waals surface area contributed by atoms with E-state index >= 15 is 0 Å². The molecule has 0 N–H and O–H groups in total. The molecule has 0 amide bonds. The van der Waals surface area contributed by atoms with Gasteiger partial charge in [-0.1, -0.05) is 13.8 Å². The minimum absolute atomic E-state index is 0.603. The normalized spacial score (nSPS) is 17.3. The molecule has 1 aliphatic rings. The summed E-state index contributed by atoms with van der Waals surface area (Å²) >= 11 is 3.37. The Hall–Kier alpha value is -0.840. The summed E-state index contributed by atoms with van der Waals surface area (Å²) in [5.74, 6) is 2.98. The zero-order valence-electron chi connectivity index (χ0n) is 11.2. The van der Waals surface area contributed by atoms with Crippen molar-refractivity contribution in [1.82, 2.24) is 9.97 Å². The minimum Gasteiger partial charge on any atom is -0.480 e. The molecule has 0 spiro atoms. The molecule has 2 rings (SSSR count). The van der Waals surface area contributed by atoms with E-state index < -0.39 is 0 Å². The topological polar surface area (TPSA) is 38.2 Å². The lowest BCUT2D eigenvalue weighted by atomic mass is 9.87. The first-order chi connectivity index (χ1) is 8.61. The molecule has 1 fully saturated rings. The van der Waals surface area contributed by atoms with Gasteiger partial charge < -0.3 is 9.64 Å². The van der Waals surface area contributed by atoms with Gasteiger partial charge in [0, 0.05) is 13.1 Å².